The van der Waals surface area contributed by atoms with E-state index in [-0.39, 0.29) is 6.61 Å². The van der Waals surface area contributed by atoms with Gasteiger partial charge in [0.2, 0.25) is 0 Å². The number of aromatic nitrogens is 3. The monoisotopic (exact) mass is 201 g/mol. The van der Waals surface area contributed by atoms with E-state index in [9.17, 15) is 5.11 Å². The van der Waals surface area contributed by atoms with E-state index in [1.807, 2.05) is 0 Å². The van der Waals surface area contributed by atoms with Crippen LogP contribution in [-0.2, 0) is 11.3 Å². The third-order valence-corrected chi connectivity index (χ3v) is 1.75. The Kier molecular flexibility index (Phi) is 3.99. The van der Waals surface area contributed by atoms with Crippen LogP contribution in [0.5, 0.6) is 0 Å². The molecule has 0 aliphatic rings. The number of rotatable bonds is 5. The molecule has 0 saturated heterocycles. The van der Waals surface area contributed by atoms with Crippen molar-refractivity contribution in [3.05, 3.63) is 11.9 Å². The minimum atomic E-state index is -0.756. The van der Waals surface area contributed by atoms with Gasteiger partial charge in [-0.3, -0.25) is 0 Å². The predicted molar refractivity (Wildman–Crippen MR) is 48.5 cm³/mol. The molecule has 0 amide bonds. The molecule has 0 aliphatic heterocycles. The van der Waals surface area contributed by atoms with E-state index < -0.39 is 12.2 Å². The second-order valence-electron chi connectivity index (χ2n) is 3.16. The summed E-state index contributed by atoms with van der Waals surface area (Å²) in [6.07, 6.45) is 0.186. The van der Waals surface area contributed by atoms with Gasteiger partial charge in [0.15, 0.2) is 0 Å². The average molecular weight is 201 g/mol. The van der Waals surface area contributed by atoms with Gasteiger partial charge in [0.25, 0.3) is 0 Å². The van der Waals surface area contributed by atoms with E-state index in [0.717, 1.165) is 0 Å². The maximum Gasteiger partial charge on any atom is 0.120 e. The Labute approximate surface area is 82.1 Å². The van der Waals surface area contributed by atoms with Crippen molar-refractivity contribution in [1.82, 2.24) is 15.0 Å². The smallest absolute Gasteiger partial charge is 0.120 e. The fourth-order valence-electron chi connectivity index (χ4n) is 1.16. The Morgan fingerprint density at radius 3 is 2.86 bits per heavy atom. The molecule has 2 atom stereocenters. The maximum absolute atomic E-state index is 9.60. The molecule has 1 aromatic rings. The van der Waals surface area contributed by atoms with Crippen LogP contribution in [0.15, 0.2) is 6.20 Å². The van der Waals surface area contributed by atoms with E-state index in [1.54, 1.807) is 6.92 Å². The zero-order valence-corrected chi connectivity index (χ0v) is 8.29. The van der Waals surface area contributed by atoms with Gasteiger partial charge in [-0.2, -0.15) is 0 Å². The normalized spacial score (nSPS) is 15.4. The largest absolute Gasteiger partial charge is 0.391 e. The first-order valence-corrected chi connectivity index (χ1v) is 4.38. The highest BCUT2D eigenvalue weighted by Gasteiger charge is 2.14. The number of hydrogen-bond donors (Lipinski definition) is 2. The Bertz CT molecular complexity index is 275. The lowest BCUT2D eigenvalue weighted by molar-refractivity contribution is 0.0563. The lowest BCUT2D eigenvalue weighted by Crippen LogP contribution is -2.18. The van der Waals surface area contributed by atoms with Crippen molar-refractivity contribution < 1.29 is 14.9 Å². The van der Waals surface area contributed by atoms with Crippen LogP contribution >= 0.6 is 0 Å². The van der Waals surface area contributed by atoms with Crippen LogP contribution in [0.1, 0.15) is 18.7 Å². The maximum atomic E-state index is 9.60. The van der Waals surface area contributed by atoms with Crippen molar-refractivity contribution in [3.8, 4) is 0 Å². The van der Waals surface area contributed by atoms with Gasteiger partial charge < -0.3 is 14.9 Å². The van der Waals surface area contributed by atoms with E-state index in [1.165, 1.54) is 18.0 Å². The number of aliphatic hydroxyl groups excluding tert-OH is 2. The SMILES string of the molecule is COC[C@H](O)c1cnnn1CC(C)O. The third kappa shape index (κ3) is 2.76. The molecule has 0 spiro atoms. The van der Waals surface area contributed by atoms with E-state index >= 15 is 0 Å². The van der Waals surface area contributed by atoms with Gasteiger partial charge in [-0.25, -0.2) is 4.68 Å². The summed E-state index contributed by atoms with van der Waals surface area (Å²) in [4.78, 5) is 0. The standard InChI is InChI=1S/C8H15N3O3/c1-6(12)4-11-7(3-9-10-11)8(13)5-14-2/h3,6,8,12-13H,4-5H2,1-2H3/t6?,8-/m0/s1. The van der Waals surface area contributed by atoms with Crippen LogP contribution < -0.4 is 0 Å². The predicted octanol–water partition coefficient (Wildman–Crippen LogP) is -0.661. The molecule has 0 aromatic carbocycles. The molecule has 1 aromatic heterocycles. The van der Waals surface area contributed by atoms with Crippen LogP contribution in [0.4, 0.5) is 0 Å². The van der Waals surface area contributed by atoms with E-state index in [4.69, 9.17) is 9.84 Å². The molecule has 0 fully saturated rings. The summed E-state index contributed by atoms with van der Waals surface area (Å²) in [5, 5.41) is 26.2. The summed E-state index contributed by atoms with van der Waals surface area (Å²) in [5.41, 5.74) is 0.549. The quantitative estimate of drug-likeness (QED) is 0.661. The van der Waals surface area contributed by atoms with Crippen molar-refractivity contribution in [2.24, 2.45) is 0 Å². The lowest BCUT2D eigenvalue weighted by atomic mass is 10.3. The minimum Gasteiger partial charge on any atom is -0.391 e. The first kappa shape index (κ1) is 11.1. The number of hydrogen-bond acceptors (Lipinski definition) is 5. The van der Waals surface area contributed by atoms with Gasteiger partial charge in [0, 0.05) is 7.11 Å². The summed E-state index contributed by atoms with van der Waals surface area (Å²) >= 11 is 0. The first-order chi connectivity index (χ1) is 6.65. The van der Waals surface area contributed by atoms with Gasteiger partial charge >= 0.3 is 0 Å². The zero-order valence-electron chi connectivity index (χ0n) is 8.29. The Morgan fingerprint density at radius 2 is 2.29 bits per heavy atom. The van der Waals surface area contributed by atoms with Gasteiger partial charge in [-0.05, 0) is 6.92 Å². The molecule has 2 N–H and O–H groups in total. The summed E-state index contributed by atoms with van der Waals surface area (Å²) in [7, 11) is 1.51. The van der Waals surface area contributed by atoms with Crippen molar-refractivity contribution in [2.45, 2.75) is 25.7 Å². The lowest BCUT2D eigenvalue weighted by Gasteiger charge is -2.12. The molecule has 0 aliphatic carbocycles. The Hall–Kier alpha value is -0.980. The first-order valence-electron chi connectivity index (χ1n) is 4.38. The fourth-order valence-corrected chi connectivity index (χ4v) is 1.16. The molecule has 1 unspecified atom stereocenters. The molecule has 6 heteroatoms. The van der Waals surface area contributed by atoms with Crippen molar-refractivity contribution in [2.75, 3.05) is 13.7 Å². The fraction of sp³-hybridized carbons (Fsp3) is 0.750. The van der Waals surface area contributed by atoms with Gasteiger partial charge in [-0.1, -0.05) is 5.21 Å². The summed E-state index contributed by atoms with van der Waals surface area (Å²) in [6.45, 7) is 2.15. The molecule has 6 nitrogen and oxygen atoms in total. The summed E-state index contributed by atoms with van der Waals surface area (Å²) < 4.78 is 6.27. The highest BCUT2D eigenvalue weighted by atomic mass is 16.5. The molecule has 0 bridgehead atoms. The number of aliphatic hydroxyl groups is 2. The molecule has 0 radical (unpaired) electrons. The number of methoxy groups -OCH3 is 1. The summed E-state index contributed by atoms with van der Waals surface area (Å²) in [5.74, 6) is 0. The van der Waals surface area contributed by atoms with Gasteiger partial charge in [0.1, 0.15) is 6.10 Å². The van der Waals surface area contributed by atoms with Crippen molar-refractivity contribution in [3.63, 3.8) is 0 Å². The second-order valence-corrected chi connectivity index (χ2v) is 3.16. The number of nitrogens with zero attached hydrogens (tertiary/aromatic N) is 3. The molecule has 1 rings (SSSR count). The van der Waals surface area contributed by atoms with Crippen LogP contribution in [0.2, 0.25) is 0 Å². The average Bonchev–Trinajstić information content (AvgIpc) is 2.51. The van der Waals surface area contributed by atoms with Crippen molar-refractivity contribution >= 4 is 0 Å². The molecule has 80 valence electrons. The topological polar surface area (TPSA) is 80.4 Å². The van der Waals surface area contributed by atoms with Gasteiger partial charge in [-0.15, -0.1) is 5.10 Å². The third-order valence-electron chi connectivity index (χ3n) is 1.75. The van der Waals surface area contributed by atoms with Crippen LogP contribution in [0, 0.1) is 0 Å². The minimum absolute atomic E-state index is 0.188. The Balaban J connectivity index is 2.70. The van der Waals surface area contributed by atoms with Crippen LogP contribution in [0.25, 0.3) is 0 Å². The molecular formula is C8H15N3O3. The van der Waals surface area contributed by atoms with E-state index in [2.05, 4.69) is 10.3 Å². The zero-order chi connectivity index (χ0) is 10.6. The highest BCUT2D eigenvalue weighted by Crippen LogP contribution is 2.11. The molecule has 0 saturated carbocycles. The van der Waals surface area contributed by atoms with Crippen molar-refractivity contribution in [1.29, 1.82) is 0 Å². The summed E-state index contributed by atoms with van der Waals surface area (Å²) in [6, 6.07) is 0. The van der Waals surface area contributed by atoms with Crippen LogP contribution in [0.3, 0.4) is 0 Å². The van der Waals surface area contributed by atoms with E-state index in [0.29, 0.717) is 12.2 Å². The molecule has 1 heterocycles. The Morgan fingerprint density at radius 1 is 1.57 bits per heavy atom. The van der Waals surface area contributed by atoms with Crippen LogP contribution in [-0.4, -0.2) is 45.0 Å². The van der Waals surface area contributed by atoms with Gasteiger partial charge in [0.05, 0.1) is 31.1 Å². The number of ether oxygens (including phenoxy) is 1. The molecular weight excluding hydrogens is 186 g/mol. The highest BCUT2D eigenvalue weighted by molar-refractivity contribution is 4.99. The second kappa shape index (κ2) is 5.04. The molecule has 14 heavy (non-hydrogen) atoms.